The van der Waals surface area contributed by atoms with E-state index in [1.807, 2.05) is 6.07 Å². The van der Waals surface area contributed by atoms with Crippen LogP contribution in [-0.2, 0) is 0 Å². The van der Waals surface area contributed by atoms with Gasteiger partial charge in [0, 0.05) is 24.2 Å². The van der Waals surface area contributed by atoms with E-state index in [1.165, 1.54) is 30.4 Å². The maximum Gasteiger partial charge on any atom is 0.229 e. The Kier molecular flexibility index (Phi) is 4.26. The number of hydrogen-bond donors (Lipinski definition) is 1. The molecule has 25 heavy (non-hydrogen) atoms. The zero-order valence-electron chi connectivity index (χ0n) is 14.9. The van der Waals surface area contributed by atoms with Crippen molar-refractivity contribution in [2.45, 2.75) is 33.1 Å². The van der Waals surface area contributed by atoms with Gasteiger partial charge in [0.15, 0.2) is 0 Å². The predicted octanol–water partition coefficient (Wildman–Crippen LogP) is 4.98. The minimum atomic E-state index is 0.674. The third kappa shape index (κ3) is 3.16. The molecule has 128 valence electrons. The van der Waals surface area contributed by atoms with Gasteiger partial charge in [-0.3, -0.25) is 0 Å². The Hall–Kier alpha value is -2.62. The average molecular weight is 332 g/mol. The van der Waals surface area contributed by atoms with Gasteiger partial charge in [-0.05, 0) is 62.4 Å². The second-order valence-corrected chi connectivity index (χ2v) is 6.81. The monoisotopic (exact) mass is 332 g/mol. The molecular formula is C21H24N4. The van der Waals surface area contributed by atoms with Crippen molar-refractivity contribution in [1.82, 2.24) is 9.97 Å². The molecule has 1 aromatic heterocycles. The van der Waals surface area contributed by atoms with Gasteiger partial charge < -0.3 is 10.2 Å². The SMILES string of the molecule is Cc1cccc(Nc2nc(N3CCCCC3)c3ccccc3n2)c1C. The van der Waals surface area contributed by atoms with Crippen molar-refractivity contribution in [3.05, 3.63) is 53.6 Å². The highest BCUT2D eigenvalue weighted by Gasteiger charge is 2.17. The molecule has 2 heterocycles. The van der Waals surface area contributed by atoms with Crippen LogP contribution in [0.2, 0.25) is 0 Å². The quantitative estimate of drug-likeness (QED) is 0.734. The van der Waals surface area contributed by atoms with E-state index >= 15 is 0 Å². The van der Waals surface area contributed by atoms with Gasteiger partial charge in [-0.25, -0.2) is 4.98 Å². The van der Waals surface area contributed by atoms with Crippen LogP contribution in [0.25, 0.3) is 10.9 Å². The lowest BCUT2D eigenvalue weighted by molar-refractivity contribution is 0.575. The van der Waals surface area contributed by atoms with Crippen LogP contribution in [0.1, 0.15) is 30.4 Å². The average Bonchev–Trinajstić information content (AvgIpc) is 2.65. The largest absolute Gasteiger partial charge is 0.356 e. The number of nitrogens with one attached hydrogen (secondary N) is 1. The van der Waals surface area contributed by atoms with E-state index in [4.69, 9.17) is 9.97 Å². The summed E-state index contributed by atoms with van der Waals surface area (Å²) < 4.78 is 0. The molecule has 4 heteroatoms. The number of anilines is 3. The molecule has 1 aliphatic rings. The minimum Gasteiger partial charge on any atom is -0.356 e. The maximum absolute atomic E-state index is 4.89. The molecule has 0 aliphatic carbocycles. The number of nitrogens with zero attached hydrogens (tertiary/aromatic N) is 3. The zero-order chi connectivity index (χ0) is 17.2. The van der Waals surface area contributed by atoms with Crippen molar-refractivity contribution in [3.8, 4) is 0 Å². The van der Waals surface area contributed by atoms with Crippen molar-refractivity contribution in [1.29, 1.82) is 0 Å². The minimum absolute atomic E-state index is 0.674. The standard InChI is InChI=1S/C21H24N4/c1-15-9-8-12-18(16(15)2)22-21-23-19-11-5-4-10-17(19)20(24-21)25-13-6-3-7-14-25/h4-5,8-12H,3,6-7,13-14H2,1-2H3,(H,22,23,24). The van der Waals surface area contributed by atoms with Crippen molar-refractivity contribution >= 4 is 28.4 Å². The molecule has 0 spiro atoms. The number of para-hydroxylation sites is 1. The molecule has 1 saturated heterocycles. The highest BCUT2D eigenvalue weighted by Crippen LogP contribution is 2.29. The summed E-state index contributed by atoms with van der Waals surface area (Å²) in [5, 5.41) is 4.57. The molecule has 4 nitrogen and oxygen atoms in total. The van der Waals surface area contributed by atoms with Gasteiger partial charge >= 0.3 is 0 Å². The Bertz CT molecular complexity index is 898. The molecule has 0 bridgehead atoms. The van der Waals surface area contributed by atoms with Crippen LogP contribution in [0.4, 0.5) is 17.5 Å². The fourth-order valence-corrected chi connectivity index (χ4v) is 3.47. The Balaban J connectivity index is 1.77. The summed E-state index contributed by atoms with van der Waals surface area (Å²) in [7, 11) is 0. The summed E-state index contributed by atoms with van der Waals surface area (Å²) in [4.78, 5) is 12.0. The van der Waals surface area contributed by atoms with E-state index in [-0.39, 0.29) is 0 Å². The Morgan fingerprint density at radius 2 is 1.68 bits per heavy atom. The number of rotatable bonds is 3. The number of aryl methyl sites for hydroxylation is 1. The van der Waals surface area contributed by atoms with Gasteiger partial charge in [0.25, 0.3) is 0 Å². The van der Waals surface area contributed by atoms with Gasteiger partial charge in [-0.2, -0.15) is 4.98 Å². The highest BCUT2D eigenvalue weighted by atomic mass is 15.2. The second-order valence-electron chi connectivity index (χ2n) is 6.81. The van der Waals surface area contributed by atoms with Crippen LogP contribution in [-0.4, -0.2) is 23.1 Å². The fraction of sp³-hybridized carbons (Fsp3) is 0.333. The molecule has 0 atom stereocenters. The Morgan fingerprint density at radius 1 is 0.880 bits per heavy atom. The van der Waals surface area contributed by atoms with E-state index in [0.29, 0.717) is 5.95 Å². The third-order valence-electron chi connectivity index (χ3n) is 5.09. The van der Waals surface area contributed by atoms with Crippen molar-refractivity contribution < 1.29 is 0 Å². The van der Waals surface area contributed by atoms with E-state index in [0.717, 1.165) is 35.5 Å². The first kappa shape index (κ1) is 15.9. The summed E-state index contributed by atoms with van der Waals surface area (Å²) in [5.74, 6) is 1.73. The molecule has 2 aromatic carbocycles. The number of piperidine rings is 1. The van der Waals surface area contributed by atoms with Crippen LogP contribution >= 0.6 is 0 Å². The van der Waals surface area contributed by atoms with Crippen molar-refractivity contribution in [2.24, 2.45) is 0 Å². The fourth-order valence-electron chi connectivity index (χ4n) is 3.47. The summed E-state index contributed by atoms with van der Waals surface area (Å²) in [6.45, 7) is 6.40. The first-order chi connectivity index (χ1) is 12.2. The van der Waals surface area contributed by atoms with E-state index in [1.54, 1.807) is 0 Å². The molecule has 0 amide bonds. The Morgan fingerprint density at radius 3 is 2.52 bits per heavy atom. The van der Waals surface area contributed by atoms with E-state index in [9.17, 15) is 0 Å². The molecule has 3 aromatic rings. The zero-order valence-corrected chi connectivity index (χ0v) is 14.9. The van der Waals surface area contributed by atoms with Gasteiger partial charge in [0.1, 0.15) is 5.82 Å². The number of fused-ring (bicyclic) bond motifs is 1. The molecule has 4 rings (SSSR count). The normalized spacial score (nSPS) is 14.7. The first-order valence-corrected chi connectivity index (χ1v) is 9.07. The van der Waals surface area contributed by atoms with Crippen LogP contribution in [0.5, 0.6) is 0 Å². The predicted molar refractivity (Wildman–Crippen MR) is 105 cm³/mol. The Labute approximate surface area is 148 Å². The number of hydrogen-bond acceptors (Lipinski definition) is 4. The van der Waals surface area contributed by atoms with Crippen LogP contribution < -0.4 is 10.2 Å². The van der Waals surface area contributed by atoms with Gasteiger partial charge in [0.2, 0.25) is 5.95 Å². The first-order valence-electron chi connectivity index (χ1n) is 9.07. The summed E-state index contributed by atoms with van der Waals surface area (Å²) in [5.41, 5.74) is 4.56. The van der Waals surface area contributed by atoms with Crippen molar-refractivity contribution in [2.75, 3.05) is 23.3 Å². The maximum atomic E-state index is 4.89. The smallest absolute Gasteiger partial charge is 0.229 e. The molecule has 1 fully saturated rings. The lowest BCUT2D eigenvalue weighted by Gasteiger charge is -2.29. The molecule has 0 unspecified atom stereocenters. The van der Waals surface area contributed by atoms with E-state index < -0.39 is 0 Å². The molecule has 0 saturated carbocycles. The summed E-state index contributed by atoms with van der Waals surface area (Å²) in [6.07, 6.45) is 3.78. The molecular weight excluding hydrogens is 308 g/mol. The topological polar surface area (TPSA) is 41.1 Å². The number of benzene rings is 2. The molecule has 1 N–H and O–H groups in total. The molecule has 0 radical (unpaired) electrons. The number of aromatic nitrogens is 2. The summed E-state index contributed by atoms with van der Waals surface area (Å²) >= 11 is 0. The van der Waals surface area contributed by atoms with E-state index in [2.05, 4.69) is 60.5 Å². The molecule has 1 aliphatic heterocycles. The second kappa shape index (κ2) is 6.71. The summed E-state index contributed by atoms with van der Waals surface area (Å²) in [6, 6.07) is 14.6. The third-order valence-corrected chi connectivity index (χ3v) is 5.09. The van der Waals surface area contributed by atoms with Crippen molar-refractivity contribution in [3.63, 3.8) is 0 Å². The van der Waals surface area contributed by atoms with Crippen LogP contribution in [0, 0.1) is 13.8 Å². The lowest BCUT2D eigenvalue weighted by atomic mass is 10.1. The van der Waals surface area contributed by atoms with Gasteiger partial charge in [-0.15, -0.1) is 0 Å². The van der Waals surface area contributed by atoms with Crippen LogP contribution in [0.3, 0.4) is 0 Å². The lowest BCUT2D eigenvalue weighted by Crippen LogP contribution is -2.30. The highest BCUT2D eigenvalue weighted by molar-refractivity contribution is 5.90. The van der Waals surface area contributed by atoms with Crippen LogP contribution in [0.15, 0.2) is 42.5 Å². The van der Waals surface area contributed by atoms with Gasteiger partial charge in [0.05, 0.1) is 5.52 Å². The van der Waals surface area contributed by atoms with Gasteiger partial charge in [-0.1, -0.05) is 24.3 Å².